The zero-order valence-corrected chi connectivity index (χ0v) is 14.5. The van der Waals surface area contributed by atoms with Gasteiger partial charge in [-0.3, -0.25) is 14.5 Å². The van der Waals surface area contributed by atoms with E-state index in [0.29, 0.717) is 15.5 Å². The van der Waals surface area contributed by atoms with E-state index in [1.54, 1.807) is 30.3 Å². The molecule has 0 bridgehead atoms. The van der Waals surface area contributed by atoms with E-state index in [1.807, 2.05) is 0 Å². The zero-order chi connectivity index (χ0) is 19.3. The predicted octanol–water partition coefficient (Wildman–Crippen LogP) is 4.00. The summed E-state index contributed by atoms with van der Waals surface area (Å²) in [5.74, 6) is -3.12. The maximum atomic E-state index is 13.0. The van der Waals surface area contributed by atoms with Crippen LogP contribution >= 0.6 is 11.6 Å². The smallest absolute Gasteiger partial charge is 0.468 e. The molecular weight excluding hydrogens is 371 g/mol. The number of methoxy groups -OCH3 is 1. The Labute approximate surface area is 153 Å². The molecule has 0 atom stereocenters. The molecule has 1 amide bonds. The van der Waals surface area contributed by atoms with Gasteiger partial charge in [-0.05, 0) is 35.7 Å². The molecule has 0 aliphatic heterocycles. The van der Waals surface area contributed by atoms with E-state index >= 15 is 0 Å². The van der Waals surface area contributed by atoms with Gasteiger partial charge in [0.2, 0.25) is 0 Å². The van der Waals surface area contributed by atoms with Crippen molar-refractivity contribution in [3.63, 3.8) is 0 Å². The SMILES string of the molecule is COC(=O)CN(C(=O)C(F)(F)F)c1ccc(Cl)cc1Cc1ccccc1. The summed E-state index contributed by atoms with van der Waals surface area (Å²) in [5.41, 5.74) is 1.14. The van der Waals surface area contributed by atoms with Crippen molar-refractivity contribution < 1.29 is 27.5 Å². The maximum Gasteiger partial charge on any atom is 0.471 e. The van der Waals surface area contributed by atoms with Crippen molar-refractivity contribution in [1.82, 2.24) is 0 Å². The van der Waals surface area contributed by atoms with Crippen LogP contribution in [0.2, 0.25) is 5.02 Å². The van der Waals surface area contributed by atoms with Gasteiger partial charge in [-0.25, -0.2) is 0 Å². The number of nitrogens with zero attached hydrogens (tertiary/aromatic N) is 1. The van der Waals surface area contributed by atoms with Gasteiger partial charge in [0, 0.05) is 10.7 Å². The highest BCUT2D eigenvalue weighted by atomic mass is 35.5. The van der Waals surface area contributed by atoms with E-state index in [-0.39, 0.29) is 12.1 Å². The molecule has 0 heterocycles. The highest BCUT2D eigenvalue weighted by Gasteiger charge is 2.44. The molecule has 0 saturated heterocycles. The lowest BCUT2D eigenvalue weighted by Crippen LogP contribution is -2.44. The first-order valence-corrected chi connectivity index (χ1v) is 7.88. The average molecular weight is 386 g/mol. The van der Waals surface area contributed by atoms with E-state index in [2.05, 4.69) is 4.74 Å². The highest BCUT2D eigenvalue weighted by Crippen LogP contribution is 2.30. The molecule has 0 saturated carbocycles. The minimum Gasteiger partial charge on any atom is -0.468 e. The van der Waals surface area contributed by atoms with E-state index in [4.69, 9.17) is 11.6 Å². The number of ether oxygens (including phenoxy) is 1. The summed E-state index contributed by atoms with van der Waals surface area (Å²) < 4.78 is 43.4. The molecule has 0 spiro atoms. The molecular formula is C18H15ClF3NO3. The summed E-state index contributed by atoms with van der Waals surface area (Å²) in [4.78, 5) is 23.8. The van der Waals surface area contributed by atoms with Crippen LogP contribution in [-0.4, -0.2) is 31.7 Å². The van der Waals surface area contributed by atoms with Crippen LogP contribution in [0.5, 0.6) is 0 Å². The Hall–Kier alpha value is -2.54. The van der Waals surface area contributed by atoms with Crippen LogP contribution < -0.4 is 4.90 Å². The zero-order valence-electron chi connectivity index (χ0n) is 13.7. The Morgan fingerprint density at radius 1 is 1.12 bits per heavy atom. The lowest BCUT2D eigenvalue weighted by molar-refractivity contribution is -0.171. The van der Waals surface area contributed by atoms with Crippen molar-refractivity contribution in [2.75, 3.05) is 18.6 Å². The van der Waals surface area contributed by atoms with Crippen molar-refractivity contribution in [2.45, 2.75) is 12.6 Å². The molecule has 2 aromatic carbocycles. The van der Waals surface area contributed by atoms with Crippen LogP contribution in [0.15, 0.2) is 48.5 Å². The number of alkyl halides is 3. The van der Waals surface area contributed by atoms with E-state index in [9.17, 15) is 22.8 Å². The van der Waals surface area contributed by atoms with Gasteiger partial charge in [-0.1, -0.05) is 41.9 Å². The molecule has 26 heavy (non-hydrogen) atoms. The van der Waals surface area contributed by atoms with Gasteiger partial charge in [-0.15, -0.1) is 0 Å². The Morgan fingerprint density at radius 2 is 1.77 bits per heavy atom. The Bertz CT molecular complexity index is 794. The normalized spacial score (nSPS) is 11.1. The quantitative estimate of drug-likeness (QED) is 0.731. The van der Waals surface area contributed by atoms with Crippen LogP contribution in [0.25, 0.3) is 0 Å². The van der Waals surface area contributed by atoms with Crippen LogP contribution in [0.4, 0.5) is 18.9 Å². The van der Waals surface area contributed by atoms with E-state index in [1.165, 1.54) is 18.2 Å². The number of rotatable bonds is 5. The van der Waals surface area contributed by atoms with Crippen LogP contribution in [0.1, 0.15) is 11.1 Å². The topological polar surface area (TPSA) is 46.6 Å². The summed E-state index contributed by atoms with van der Waals surface area (Å²) in [7, 11) is 1.03. The molecule has 4 nitrogen and oxygen atoms in total. The molecule has 0 radical (unpaired) electrons. The monoisotopic (exact) mass is 385 g/mol. The number of hydrogen-bond acceptors (Lipinski definition) is 3. The number of carbonyl (C=O) groups is 2. The summed E-state index contributed by atoms with van der Waals surface area (Å²) in [6.45, 7) is -0.863. The number of hydrogen-bond donors (Lipinski definition) is 0. The fourth-order valence-electron chi connectivity index (χ4n) is 2.39. The third-order valence-electron chi connectivity index (χ3n) is 3.57. The fourth-order valence-corrected chi connectivity index (χ4v) is 2.58. The molecule has 0 aliphatic carbocycles. The second kappa shape index (κ2) is 8.23. The molecule has 0 aromatic heterocycles. The minimum atomic E-state index is -5.14. The number of anilines is 1. The van der Waals surface area contributed by atoms with Gasteiger partial charge in [-0.2, -0.15) is 13.2 Å². The number of carbonyl (C=O) groups excluding carboxylic acids is 2. The van der Waals surface area contributed by atoms with Gasteiger partial charge in [0.05, 0.1) is 7.11 Å². The van der Waals surface area contributed by atoms with Crippen LogP contribution in [0, 0.1) is 0 Å². The average Bonchev–Trinajstić information content (AvgIpc) is 2.59. The number of esters is 1. The second-order valence-electron chi connectivity index (χ2n) is 5.40. The van der Waals surface area contributed by atoms with E-state index in [0.717, 1.165) is 12.7 Å². The molecule has 8 heteroatoms. The number of benzene rings is 2. The molecule has 0 aliphatic rings. The maximum absolute atomic E-state index is 13.0. The first-order valence-electron chi connectivity index (χ1n) is 7.50. The molecule has 2 aromatic rings. The van der Waals surface area contributed by atoms with Gasteiger partial charge in [0.1, 0.15) is 6.54 Å². The summed E-state index contributed by atoms with van der Waals surface area (Å²) in [5, 5.41) is 0.303. The Morgan fingerprint density at radius 3 is 2.35 bits per heavy atom. The lowest BCUT2D eigenvalue weighted by Gasteiger charge is -2.25. The van der Waals surface area contributed by atoms with Crippen molar-refractivity contribution in [1.29, 1.82) is 0 Å². The standard InChI is InChI=1S/C18H15ClF3NO3/c1-26-16(24)11-23(17(25)18(20,21)22)15-8-7-14(19)10-13(15)9-12-5-3-2-4-6-12/h2-8,10H,9,11H2,1H3. The van der Waals surface area contributed by atoms with Crippen molar-refractivity contribution in [2.24, 2.45) is 0 Å². The van der Waals surface area contributed by atoms with Gasteiger partial charge in [0.25, 0.3) is 0 Å². The molecule has 0 unspecified atom stereocenters. The fraction of sp³-hybridized carbons (Fsp3) is 0.222. The first kappa shape index (κ1) is 19.8. The second-order valence-corrected chi connectivity index (χ2v) is 5.84. The number of amides is 1. The molecule has 2 rings (SSSR count). The van der Waals surface area contributed by atoms with Crippen LogP contribution in [0.3, 0.4) is 0 Å². The molecule has 0 fully saturated rings. The van der Waals surface area contributed by atoms with E-state index < -0.39 is 24.6 Å². The third kappa shape index (κ3) is 4.98. The highest BCUT2D eigenvalue weighted by molar-refractivity contribution is 6.30. The van der Waals surface area contributed by atoms with Crippen LogP contribution in [-0.2, 0) is 20.7 Å². The van der Waals surface area contributed by atoms with Gasteiger partial charge in [0.15, 0.2) is 0 Å². The third-order valence-corrected chi connectivity index (χ3v) is 3.81. The number of halogens is 4. The van der Waals surface area contributed by atoms with Gasteiger partial charge >= 0.3 is 18.1 Å². The largest absolute Gasteiger partial charge is 0.471 e. The summed E-state index contributed by atoms with van der Waals surface area (Å²) >= 11 is 5.97. The molecule has 138 valence electrons. The summed E-state index contributed by atoms with van der Waals surface area (Å²) in [6, 6.07) is 13.1. The van der Waals surface area contributed by atoms with Crippen molar-refractivity contribution >= 4 is 29.2 Å². The first-order chi connectivity index (χ1) is 12.2. The minimum absolute atomic E-state index is 0.0500. The lowest BCUT2D eigenvalue weighted by atomic mass is 10.0. The van der Waals surface area contributed by atoms with Crippen molar-refractivity contribution in [3.05, 3.63) is 64.7 Å². The summed E-state index contributed by atoms with van der Waals surface area (Å²) in [6.07, 6.45) is -4.91. The predicted molar refractivity (Wildman–Crippen MR) is 91.1 cm³/mol. The van der Waals surface area contributed by atoms with Crippen molar-refractivity contribution in [3.8, 4) is 0 Å². The molecule has 0 N–H and O–H groups in total. The van der Waals surface area contributed by atoms with Gasteiger partial charge < -0.3 is 4.74 Å². The Balaban J connectivity index is 2.49. The Kier molecular flexibility index (Phi) is 6.26.